The Bertz CT molecular complexity index is 515. The lowest BCUT2D eigenvalue weighted by Crippen LogP contribution is -2.11. The number of methoxy groups -OCH3 is 1. The summed E-state index contributed by atoms with van der Waals surface area (Å²) in [7, 11) is 1.66. The fraction of sp³-hybridized carbons (Fsp3) is 0.417. The molecule has 2 N–H and O–H groups in total. The third kappa shape index (κ3) is 3.73. The molecule has 0 aliphatic rings. The van der Waals surface area contributed by atoms with E-state index < -0.39 is 0 Å². The minimum atomic E-state index is -0.288. The number of nitrogens with two attached hydrogens (primary N) is 1. The lowest BCUT2D eigenvalue weighted by molar-refractivity contribution is 0.188. The summed E-state index contributed by atoms with van der Waals surface area (Å²) in [5.41, 5.74) is 6.56. The van der Waals surface area contributed by atoms with Crippen LogP contribution in [-0.4, -0.2) is 28.8 Å². The zero-order valence-corrected chi connectivity index (χ0v) is 11.3. The van der Waals surface area contributed by atoms with E-state index in [9.17, 15) is 0 Å². The molecule has 102 valence electrons. The van der Waals surface area contributed by atoms with Gasteiger partial charge in [-0.1, -0.05) is 16.8 Å². The monoisotopic (exact) mass is 282 g/mol. The first-order valence-corrected chi connectivity index (χ1v) is 6.28. The second-order valence-corrected chi connectivity index (χ2v) is 4.50. The predicted octanol–water partition coefficient (Wildman–Crippen LogP) is 2.21. The van der Waals surface area contributed by atoms with E-state index in [-0.39, 0.29) is 6.04 Å². The smallest absolute Gasteiger partial charge is 0.243 e. The maximum Gasteiger partial charge on any atom is 0.243 e. The van der Waals surface area contributed by atoms with Crippen molar-refractivity contribution in [3.63, 3.8) is 0 Å². The van der Waals surface area contributed by atoms with Crippen LogP contribution in [0.3, 0.4) is 0 Å². The van der Waals surface area contributed by atoms with Gasteiger partial charge in [0, 0.05) is 19.9 Å². The summed E-state index contributed by atoms with van der Waals surface area (Å²) in [6.45, 7) is 0.660. The van der Waals surface area contributed by atoms with Crippen molar-refractivity contribution in [3.05, 3.63) is 29.2 Å². The van der Waals surface area contributed by atoms with Gasteiger partial charge in [-0.3, -0.25) is 4.98 Å². The third-order valence-corrected chi connectivity index (χ3v) is 2.80. The van der Waals surface area contributed by atoms with E-state index >= 15 is 0 Å². The number of ether oxygens (including phenoxy) is 1. The average Bonchev–Trinajstić information content (AvgIpc) is 2.89. The summed E-state index contributed by atoms with van der Waals surface area (Å²) in [5.74, 6) is 0.816. The van der Waals surface area contributed by atoms with Crippen molar-refractivity contribution < 1.29 is 9.26 Å². The van der Waals surface area contributed by atoms with E-state index in [1.165, 1.54) is 6.20 Å². The number of hydrogen-bond acceptors (Lipinski definition) is 6. The van der Waals surface area contributed by atoms with E-state index in [2.05, 4.69) is 15.1 Å². The van der Waals surface area contributed by atoms with Crippen LogP contribution in [0.1, 0.15) is 24.8 Å². The maximum atomic E-state index is 5.96. The molecule has 0 aromatic carbocycles. The fourth-order valence-electron chi connectivity index (χ4n) is 1.57. The summed E-state index contributed by atoms with van der Waals surface area (Å²) in [5, 5.41) is 4.42. The van der Waals surface area contributed by atoms with E-state index in [0.717, 1.165) is 12.8 Å². The summed E-state index contributed by atoms with van der Waals surface area (Å²) in [6.07, 6.45) is 3.10. The van der Waals surface area contributed by atoms with Crippen molar-refractivity contribution in [1.82, 2.24) is 15.1 Å². The Kier molecular flexibility index (Phi) is 4.84. The van der Waals surface area contributed by atoms with Crippen molar-refractivity contribution in [2.24, 2.45) is 5.73 Å². The molecule has 6 nitrogen and oxygen atoms in total. The van der Waals surface area contributed by atoms with E-state index in [1.807, 2.05) is 0 Å². The average molecular weight is 283 g/mol. The Balaban J connectivity index is 2.04. The molecule has 0 amide bonds. The lowest BCUT2D eigenvalue weighted by atomic mass is 10.2. The highest BCUT2D eigenvalue weighted by Crippen LogP contribution is 2.19. The van der Waals surface area contributed by atoms with Crippen molar-refractivity contribution in [2.75, 3.05) is 13.7 Å². The molecule has 0 bridgehead atoms. The van der Waals surface area contributed by atoms with Gasteiger partial charge in [-0.05, 0) is 25.0 Å². The van der Waals surface area contributed by atoms with Crippen LogP contribution in [0, 0.1) is 0 Å². The molecule has 7 heteroatoms. The number of rotatable bonds is 6. The van der Waals surface area contributed by atoms with Crippen LogP contribution in [-0.2, 0) is 4.74 Å². The Morgan fingerprint density at radius 3 is 3.00 bits per heavy atom. The topological polar surface area (TPSA) is 87.1 Å². The minimum Gasteiger partial charge on any atom is -0.385 e. The highest BCUT2D eigenvalue weighted by molar-refractivity contribution is 6.30. The molecule has 2 heterocycles. The first kappa shape index (κ1) is 13.9. The van der Waals surface area contributed by atoms with Gasteiger partial charge in [-0.15, -0.1) is 0 Å². The van der Waals surface area contributed by atoms with Gasteiger partial charge >= 0.3 is 0 Å². The van der Waals surface area contributed by atoms with Crippen LogP contribution in [0.4, 0.5) is 0 Å². The second kappa shape index (κ2) is 6.60. The molecular weight excluding hydrogens is 268 g/mol. The first-order chi connectivity index (χ1) is 9.20. The van der Waals surface area contributed by atoms with Crippen LogP contribution in [0.5, 0.6) is 0 Å². The van der Waals surface area contributed by atoms with Crippen molar-refractivity contribution in [3.8, 4) is 11.5 Å². The van der Waals surface area contributed by atoms with Gasteiger partial charge in [0.25, 0.3) is 0 Å². The molecule has 0 saturated carbocycles. The van der Waals surface area contributed by atoms with Crippen LogP contribution in [0.2, 0.25) is 5.02 Å². The molecule has 2 aromatic rings. The fourth-order valence-corrected chi connectivity index (χ4v) is 1.68. The predicted molar refractivity (Wildman–Crippen MR) is 70.6 cm³/mol. The van der Waals surface area contributed by atoms with Crippen LogP contribution >= 0.6 is 11.6 Å². The van der Waals surface area contributed by atoms with Crippen molar-refractivity contribution in [1.29, 1.82) is 0 Å². The van der Waals surface area contributed by atoms with Crippen LogP contribution < -0.4 is 5.73 Å². The molecular formula is C12H15ClN4O2. The molecule has 1 atom stereocenters. The largest absolute Gasteiger partial charge is 0.385 e. The second-order valence-electron chi connectivity index (χ2n) is 4.06. The Morgan fingerprint density at radius 2 is 2.32 bits per heavy atom. The molecule has 0 saturated heterocycles. The Hall–Kier alpha value is -1.50. The highest BCUT2D eigenvalue weighted by atomic mass is 35.5. The highest BCUT2D eigenvalue weighted by Gasteiger charge is 2.15. The van der Waals surface area contributed by atoms with Crippen molar-refractivity contribution in [2.45, 2.75) is 18.9 Å². The molecule has 2 aromatic heterocycles. The van der Waals surface area contributed by atoms with Gasteiger partial charge in [0.15, 0.2) is 0 Å². The molecule has 0 aliphatic heterocycles. The number of hydrogen-bond donors (Lipinski definition) is 1. The van der Waals surface area contributed by atoms with Gasteiger partial charge in [-0.2, -0.15) is 4.98 Å². The zero-order valence-electron chi connectivity index (χ0n) is 10.5. The minimum absolute atomic E-state index is 0.288. The molecule has 0 radical (unpaired) electrons. The standard InChI is InChI=1S/C12H15ClN4O2/c1-18-6-2-3-9(14)12-16-11(17-19-12)10-5-4-8(13)7-15-10/h4-5,7,9H,2-3,6,14H2,1H3. The molecule has 2 rings (SSSR count). The summed E-state index contributed by atoms with van der Waals surface area (Å²) in [4.78, 5) is 8.36. The van der Waals surface area contributed by atoms with Gasteiger partial charge in [0.2, 0.25) is 11.7 Å². The van der Waals surface area contributed by atoms with Gasteiger partial charge in [0.1, 0.15) is 5.69 Å². The molecule has 0 fully saturated rings. The summed E-state index contributed by atoms with van der Waals surface area (Å²) >= 11 is 5.77. The third-order valence-electron chi connectivity index (χ3n) is 2.58. The Labute approximate surface area is 115 Å². The van der Waals surface area contributed by atoms with E-state index in [4.69, 9.17) is 26.6 Å². The number of aromatic nitrogens is 3. The maximum absolute atomic E-state index is 5.96. The van der Waals surface area contributed by atoms with Crippen LogP contribution in [0.15, 0.2) is 22.9 Å². The van der Waals surface area contributed by atoms with Gasteiger partial charge in [0.05, 0.1) is 11.1 Å². The normalized spacial score (nSPS) is 12.6. The molecule has 1 unspecified atom stereocenters. The Morgan fingerprint density at radius 1 is 1.47 bits per heavy atom. The molecule has 19 heavy (non-hydrogen) atoms. The lowest BCUT2D eigenvalue weighted by Gasteiger charge is -2.04. The number of pyridine rings is 1. The number of halogens is 1. The van der Waals surface area contributed by atoms with Gasteiger partial charge in [-0.25, -0.2) is 0 Å². The first-order valence-electron chi connectivity index (χ1n) is 5.90. The van der Waals surface area contributed by atoms with Gasteiger partial charge < -0.3 is 15.0 Å². The quantitative estimate of drug-likeness (QED) is 0.817. The van der Waals surface area contributed by atoms with E-state index in [0.29, 0.717) is 29.0 Å². The SMILES string of the molecule is COCCCC(N)c1nc(-c2ccc(Cl)cn2)no1. The zero-order chi connectivity index (χ0) is 13.7. The van der Waals surface area contributed by atoms with Crippen LogP contribution in [0.25, 0.3) is 11.5 Å². The van der Waals surface area contributed by atoms with E-state index in [1.54, 1.807) is 19.2 Å². The summed E-state index contributed by atoms with van der Waals surface area (Å²) < 4.78 is 10.1. The molecule has 0 aliphatic carbocycles. The number of nitrogens with zero attached hydrogens (tertiary/aromatic N) is 3. The summed E-state index contributed by atoms with van der Waals surface area (Å²) in [6, 6.07) is 3.16. The molecule has 0 spiro atoms. The van der Waals surface area contributed by atoms with Crippen molar-refractivity contribution >= 4 is 11.6 Å².